The summed E-state index contributed by atoms with van der Waals surface area (Å²) >= 11 is 0. The lowest BCUT2D eigenvalue weighted by Gasteiger charge is -2.25. The second-order valence-corrected chi connectivity index (χ2v) is 5.35. The molecule has 0 spiro atoms. The highest BCUT2D eigenvalue weighted by Crippen LogP contribution is 2.41. The van der Waals surface area contributed by atoms with Gasteiger partial charge < -0.3 is 14.2 Å². The van der Waals surface area contributed by atoms with Gasteiger partial charge in [-0.3, -0.25) is 4.90 Å². The van der Waals surface area contributed by atoms with Crippen LogP contribution in [0.3, 0.4) is 0 Å². The molecule has 0 aliphatic rings. The van der Waals surface area contributed by atoms with Gasteiger partial charge in [-0.05, 0) is 32.9 Å². The molecule has 1 aromatic rings. The predicted molar refractivity (Wildman–Crippen MR) is 80.4 cm³/mol. The van der Waals surface area contributed by atoms with Crippen molar-refractivity contribution in [1.82, 2.24) is 0 Å². The summed E-state index contributed by atoms with van der Waals surface area (Å²) in [5, 5.41) is 0. The Labute approximate surface area is 125 Å². The fourth-order valence-corrected chi connectivity index (χ4v) is 1.62. The zero-order chi connectivity index (χ0) is 16.2. The van der Waals surface area contributed by atoms with E-state index in [1.54, 1.807) is 40.0 Å². The van der Waals surface area contributed by atoms with Crippen LogP contribution in [0.1, 0.15) is 20.8 Å². The number of amides is 1. The summed E-state index contributed by atoms with van der Waals surface area (Å²) in [6, 6.07) is 3.19. The molecule has 1 rings (SSSR count). The molecule has 0 radical (unpaired) electrons. The van der Waals surface area contributed by atoms with E-state index in [4.69, 9.17) is 20.8 Å². The minimum atomic E-state index is -0.587. The first kappa shape index (κ1) is 16.6. The van der Waals surface area contributed by atoms with Crippen molar-refractivity contribution in [2.75, 3.05) is 26.2 Å². The Morgan fingerprint density at radius 2 is 1.67 bits per heavy atom. The van der Waals surface area contributed by atoms with Crippen LogP contribution in [0.25, 0.3) is 4.85 Å². The maximum atomic E-state index is 12.1. The Morgan fingerprint density at radius 1 is 1.19 bits per heavy atom. The molecule has 1 amide bonds. The summed E-state index contributed by atoms with van der Waals surface area (Å²) < 4.78 is 15.7. The van der Waals surface area contributed by atoms with Crippen LogP contribution in [-0.2, 0) is 4.74 Å². The van der Waals surface area contributed by atoms with E-state index < -0.39 is 11.7 Å². The molecule has 0 N–H and O–H groups in total. The minimum absolute atomic E-state index is 0.265. The van der Waals surface area contributed by atoms with Crippen LogP contribution in [0.5, 0.6) is 11.5 Å². The van der Waals surface area contributed by atoms with E-state index in [1.807, 2.05) is 0 Å². The van der Waals surface area contributed by atoms with Crippen LogP contribution in [-0.4, -0.2) is 33.0 Å². The van der Waals surface area contributed by atoms with Crippen molar-refractivity contribution >= 4 is 17.5 Å². The van der Waals surface area contributed by atoms with Gasteiger partial charge in [0.25, 0.3) is 5.69 Å². The van der Waals surface area contributed by atoms with Gasteiger partial charge in [-0.15, -0.1) is 0 Å². The molecular formula is C15H20N2O4. The lowest BCUT2D eigenvalue weighted by molar-refractivity contribution is 0.0589. The monoisotopic (exact) mass is 292 g/mol. The topological polar surface area (TPSA) is 52.4 Å². The first-order valence-corrected chi connectivity index (χ1v) is 6.33. The van der Waals surface area contributed by atoms with Gasteiger partial charge in [0.1, 0.15) is 17.1 Å². The number of anilines is 1. The summed E-state index contributed by atoms with van der Waals surface area (Å²) in [5.41, 5.74) is 0.197. The van der Waals surface area contributed by atoms with E-state index in [1.165, 1.54) is 19.1 Å². The standard InChI is InChI=1S/C15H20N2O4/c1-15(2,3)21-14(18)17(5)10-8-11(19-6)13(16-4)12(9-10)20-7/h8-9H,1-3,5-7H3. The van der Waals surface area contributed by atoms with Gasteiger partial charge >= 0.3 is 6.09 Å². The van der Waals surface area contributed by atoms with E-state index in [0.29, 0.717) is 17.2 Å². The number of nitrogens with zero attached hydrogens (tertiary/aromatic N) is 2. The van der Waals surface area contributed by atoms with Crippen molar-refractivity contribution in [1.29, 1.82) is 0 Å². The average Bonchev–Trinajstić information content (AvgIpc) is 2.42. The molecule has 114 valence electrons. The maximum absolute atomic E-state index is 12.1. The Bertz CT molecular complexity index is 545. The quantitative estimate of drug-likeness (QED) is 0.798. The van der Waals surface area contributed by atoms with Gasteiger partial charge in [-0.2, -0.15) is 0 Å². The van der Waals surface area contributed by atoms with E-state index in [0.717, 1.165) is 0 Å². The van der Waals surface area contributed by atoms with E-state index >= 15 is 0 Å². The van der Waals surface area contributed by atoms with Crippen LogP contribution in [0.2, 0.25) is 0 Å². The number of ether oxygens (including phenoxy) is 3. The molecular weight excluding hydrogens is 272 g/mol. The number of carbonyl (C=O) groups excluding carboxylic acids is 1. The first-order chi connectivity index (χ1) is 9.73. The smallest absolute Gasteiger partial charge is 0.414 e. The molecule has 0 aliphatic heterocycles. The molecule has 1 aromatic carbocycles. The molecule has 0 saturated heterocycles. The lowest BCUT2D eigenvalue weighted by atomic mass is 10.2. The van der Waals surface area contributed by atoms with Crippen LogP contribution < -0.4 is 14.4 Å². The summed E-state index contributed by atoms with van der Waals surface area (Å²) in [4.78, 5) is 16.8. The highest BCUT2D eigenvalue weighted by molar-refractivity contribution is 5.89. The van der Waals surface area contributed by atoms with Crippen molar-refractivity contribution in [3.63, 3.8) is 0 Å². The number of rotatable bonds is 3. The first-order valence-electron chi connectivity index (χ1n) is 6.33. The number of benzene rings is 1. The van der Waals surface area contributed by atoms with Crippen molar-refractivity contribution in [3.8, 4) is 11.5 Å². The molecule has 6 nitrogen and oxygen atoms in total. The molecule has 0 saturated carbocycles. The minimum Gasteiger partial charge on any atom is -0.508 e. The molecule has 6 heteroatoms. The molecule has 0 atom stereocenters. The largest absolute Gasteiger partial charge is 0.508 e. The zero-order valence-electron chi connectivity index (χ0n) is 13.2. The Balaban J connectivity index is 3.19. The highest BCUT2D eigenvalue weighted by atomic mass is 16.6. The molecule has 0 heterocycles. The van der Waals surface area contributed by atoms with Crippen LogP contribution in [0.15, 0.2) is 12.1 Å². The Morgan fingerprint density at radius 3 is 2.00 bits per heavy atom. The Hall–Kier alpha value is -2.42. The van der Waals surface area contributed by atoms with Gasteiger partial charge in [-0.1, -0.05) is 0 Å². The third kappa shape index (κ3) is 4.02. The third-order valence-electron chi connectivity index (χ3n) is 2.63. The molecule has 0 aromatic heterocycles. The highest BCUT2D eigenvalue weighted by Gasteiger charge is 2.22. The van der Waals surface area contributed by atoms with Crippen molar-refractivity contribution in [2.45, 2.75) is 26.4 Å². The van der Waals surface area contributed by atoms with E-state index in [-0.39, 0.29) is 5.69 Å². The second kappa shape index (κ2) is 6.35. The Kier molecular flexibility index (Phi) is 5.03. The second-order valence-electron chi connectivity index (χ2n) is 5.35. The van der Waals surface area contributed by atoms with Gasteiger partial charge in [-0.25, -0.2) is 9.64 Å². The number of hydrogen-bond donors (Lipinski definition) is 0. The average molecular weight is 292 g/mol. The molecule has 0 bridgehead atoms. The molecule has 0 unspecified atom stereocenters. The molecule has 21 heavy (non-hydrogen) atoms. The fourth-order valence-electron chi connectivity index (χ4n) is 1.62. The van der Waals surface area contributed by atoms with Crippen molar-refractivity contribution in [3.05, 3.63) is 23.5 Å². The SMILES string of the molecule is [C-]#[N+]c1c(OC)cc(N(C)C(=O)OC(C)(C)C)cc1OC. The van der Waals surface area contributed by atoms with Crippen LogP contribution in [0, 0.1) is 6.57 Å². The van der Waals surface area contributed by atoms with Crippen molar-refractivity contribution in [2.24, 2.45) is 0 Å². The summed E-state index contributed by atoms with van der Waals surface area (Å²) in [6.07, 6.45) is -0.498. The fraction of sp³-hybridized carbons (Fsp3) is 0.467. The number of methoxy groups -OCH3 is 2. The molecule has 0 fully saturated rings. The van der Waals surface area contributed by atoms with Gasteiger partial charge in [0.15, 0.2) is 0 Å². The number of carbonyl (C=O) groups is 1. The normalized spacial score (nSPS) is 10.5. The maximum Gasteiger partial charge on any atom is 0.414 e. The molecule has 0 aliphatic carbocycles. The van der Waals surface area contributed by atoms with Crippen LogP contribution in [0.4, 0.5) is 16.2 Å². The predicted octanol–water partition coefficient (Wildman–Crippen LogP) is 3.63. The number of hydrogen-bond acceptors (Lipinski definition) is 4. The third-order valence-corrected chi connectivity index (χ3v) is 2.63. The summed E-state index contributed by atoms with van der Waals surface area (Å²) in [7, 11) is 4.50. The van der Waals surface area contributed by atoms with Gasteiger partial charge in [0, 0.05) is 7.05 Å². The van der Waals surface area contributed by atoms with Gasteiger partial charge in [0.2, 0.25) is 0 Å². The van der Waals surface area contributed by atoms with E-state index in [2.05, 4.69) is 4.85 Å². The van der Waals surface area contributed by atoms with Crippen molar-refractivity contribution < 1.29 is 19.0 Å². The van der Waals surface area contributed by atoms with Gasteiger partial charge in [0.05, 0.1) is 26.5 Å². The zero-order valence-corrected chi connectivity index (χ0v) is 13.2. The van der Waals surface area contributed by atoms with E-state index in [9.17, 15) is 4.79 Å². The van der Waals surface area contributed by atoms with Crippen LogP contribution >= 0.6 is 0 Å². The lowest BCUT2D eigenvalue weighted by Crippen LogP contribution is -2.34. The summed E-state index contributed by atoms with van der Waals surface area (Å²) in [6.45, 7) is 12.6. The summed E-state index contributed by atoms with van der Waals surface area (Å²) in [5.74, 6) is 0.685.